The highest BCUT2D eigenvalue weighted by Gasteiger charge is 2.36. The SMILES string of the molecule is CCCCC(=O)c1ccc(-c2ccc(C(=O)CCCCO[Si](C)(C)OC)cn2)nc1.C[Si](C)(OCCCN)O[Si](C)(C)OCCCN.O=C(Cl)c1ccc(-c2ccc(C(=O)Cl)cn2)nc1.O=C(O)c1ccc(-c2ccc(C(=O)O)cn2)nc1.O=S(Cl)Cl. The number of carboxylic acid groups (broad SMARTS) is 2. The van der Waals surface area contributed by atoms with Gasteiger partial charge in [-0.15, -0.1) is 0 Å². The van der Waals surface area contributed by atoms with Gasteiger partial charge in [-0.05, 0) is 180 Å². The third kappa shape index (κ3) is 31.8. The van der Waals surface area contributed by atoms with Gasteiger partial charge in [-0.1, -0.05) is 13.3 Å². The Kier molecular flexibility index (Phi) is 36.1. The van der Waals surface area contributed by atoms with Crippen LogP contribution in [0, 0.1) is 0 Å². The molecule has 30 heteroatoms. The molecule has 0 unspecified atom stereocenters. The van der Waals surface area contributed by atoms with E-state index in [0.717, 1.165) is 38.5 Å². The molecule has 0 radical (unpaired) electrons. The van der Waals surface area contributed by atoms with E-state index >= 15 is 0 Å². The van der Waals surface area contributed by atoms with Crippen LogP contribution in [0.25, 0.3) is 34.2 Å². The predicted molar refractivity (Wildman–Crippen MR) is 344 cm³/mol. The van der Waals surface area contributed by atoms with Gasteiger partial charge in [-0.3, -0.25) is 49.1 Å². The number of unbranched alkanes of at least 4 members (excludes halogenated alkanes) is 2. The summed E-state index contributed by atoms with van der Waals surface area (Å²) in [5.74, 6) is -1.92. The molecular weight excluding hydrogens is 1280 g/mol. The van der Waals surface area contributed by atoms with E-state index in [1.165, 1.54) is 49.1 Å². The summed E-state index contributed by atoms with van der Waals surface area (Å²) in [6.45, 7) is 17.5. The lowest BCUT2D eigenvalue weighted by atomic mass is 10.1. The summed E-state index contributed by atoms with van der Waals surface area (Å²) in [6, 6.07) is 19.4. The Morgan fingerprint density at radius 2 is 0.736 bits per heavy atom. The Hall–Kier alpha value is -5.80. The first-order chi connectivity index (χ1) is 41.1. The van der Waals surface area contributed by atoms with Crippen molar-refractivity contribution in [3.05, 3.63) is 143 Å². The molecule has 0 aliphatic heterocycles. The second-order valence-corrected chi connectivity index (χ2v) is 33.4. The molecule has 0 aromatic carbocycles. The molecule has 6 aromatic heterocycles. The van der Waals surface area contributed by atoms with Gasteiger partial charge < -0.3 is 43.5 Å². The highest BCUT2D eigenvalue weighted by molar-refractivity contribution is 8.26. The Morgan fingerprint density at radius 3 is 0.989 bits per heavy atom. The van der Waals surface area contributed by atoms with E-state index in [-0.39, 0.29) is 22.7 Å². The standard InChI is InChI=1S/C23H32N2O4Si.C12H6Cl2N2O2.C12H8N2O4.C10H28N2O3Si2.Cl2OS/c1-5-6-9-22(26)18-11-13-20(24-16-18)21-14-12-19(17-25-21)23(27)10-7-8-15-29-30(3,4)28-2;13-11(17)7-1-3-9(15-5-7)10-4-2-8(6-16-10)12(14)18;15-11(16)7-1-3-9(13-5-7)10-4-2-8(6-14-10)12(17)18;1-16(2,13-9-5-7-11)15-17(3,4)14-10-6-8-12;1-4(2)3/h11-14,16-17H,5-10,15H2,1-4H3;1-6H;1-6H,(H,15,16)(H,17,18);5-12H2,1-4H3;. The molecule has 0 saturated carbocycles. The zero-order chi connectivity index (χ0) is 65.2. The van der Waals surface area contributed by atoms with Crippen LogP contribution in [0.5, 0.6) is 0 Å². The second kappa shape index (κ2) is 40.7. The quantitative estimate of drug-likeness (QED) is 0.0147. The largest absolute Gasteiger partial charge is 0.478 e. The van der Waals surface area contributed by atoms with Gasteiger partial charge in [0.05, 0.1) is 56.4 Å². The van der Waals surface area contributed by atoms with Crippen LogP contribution in [0.4, 0.5) is 0 Å². The minimum absolute atomic E-state index is 0.0714. The average molecular weight is 1350 g/mol. The van der Waals surface area contributed by atoms with E-state index in [1.807, 2.05) is 39.3 Å². The van der Waals surface area contributed by atoms with E-state index in [2.05, 4.69) is 58.2 Å². The summed E-state index contributed by atoms with van der Waals surface area (Å²) < 4.78 is 37.8. The number of Topliss-reactive ketones (excluding diaryl/α,β-unsaturated/α-hetero) is 2. The number of carboxylic acids is 2. The van der Waals surface area contributed by atoms with Gasteiger partial charge in [0.2, 0.25) is 9.23 Å². The number of aromatic nitrogens is 6. The number of aromatic carboxylic acids is 2. The van der Waals surface area contributed by atoms with Crippen molar-refractivity contribution in [1.82, 2.24) is 29.9 Å². The summed E-state index contributed by atoms with van der Waals surface area (Å²) in [5, 5.41) is 16.3. The summed E-state index contributed by atoms with van der Waals surface area (Å²) >= 11 is 10.6. The predicted octanol–water partition coefficient (Wildman–Crippen LogP) is 11.9. The van der Waals surface area contributed by atoms with E-state index in [1.54, 1.807) is 68.0 Å². The molecule has 472 valence electrons. The number of halogens is 4. The van der Waals surface area contributed by atoms with Crippen molar-refractivity contribution in [2.45, 2.75) is 97.6 Å². The third-order valence-corrected chi connectivity index (χ3v) is 19.6. The van der Waals surface area contributed by atoms with Crippen LogP contribution in [-0.2, 0) is 31.0 Å². The van der Waals surface area contributed by atoms with Crippen LogP contribution in [0.15, 0.2) is 110 Å². The molecule has 0 spiro atoms. The number of hydrogen-bond donors (Lipinski definition) is 4. The number of rotatable bonds is 29. The molecule has 6 N–H and O–H groups in total. The average Bonchev–Trinajstić information content (AvgIpc) is 3.69. The maximum atomic E-state index is 12.4. The minimum atomic E-state index is -2.09. The molecule has 6 aromatic rings. The molecule has 0 atom stereocenters. The van der Waals surface area contributed by atoms with Crippen LogP contribution in [0.3, 0.4) is 0 Å². The van der Waals surface area contributed by atoms with E-state index in [4.69, 9.17) is 70.9 Å². The summed E-state index contributed by atoms with van der Waals surface area (Å²) in [7, 11) is 2.86. The van der Waals surface area contributed by atoms with Crippen molar-refractivity contribution in [3.8, 4) is 34.2 Å². The summed E-state index contributed by atoms with van der Waals surface area (Å²) in [5.41, 5.74) is 16.4. The Labute approximate surface area is 531 Å². The zero-order valence-corrected chi connectivity index (χ0v) is 56.5. The maximum absolute atomic E-state index is 12.4. The number of pyridine rings is 6. The fraction of sp³-hybridized carbons (Fsp3) is 0.368. The number of carbonyl (C=O) groups excluding carboxylic acids is 4. The van der Waals surface area contributed by atoms with E-state index < -0.39 is 57.3 Å². The van der Waals surface area contributed by atoms with Crippen molar-refractivity contribution >= 4 is 113 Å². The zero-order valence-electron chi connectivity index (χ0n) is 49.6. The number of hydrogen-bond acceptors (Lipinski definition) is 20. The molecule has 0 bridgehead atoms. The van der Waals surface area contributed by atoms with Crippen molar-refractivity contribution < 1.29 is 65.0 Å². The van der Waals surface area contributed by atoms with Crippen molar-refractivity contribution in [2.75, 3.05) is 40.0 Å². The van der Waals surface area contributed by atoms with Gasteiger partial charge in [0.15, 0.2) is 11.6 Å². The molecule has 22 nitrogen and oxygen atoms in total. The normalized spacial score (nSPS) is 11.1. The fourth-order valence-corrected chi connectivity index (χ4v) is 14.4. The lowest BCUT2D eigenvalue weighted by molar-refractivity contribution is 0.0685. The first-order valence-electron chi connectivity index (χ1n) is 27.1. The molecule has 0 aliphatic rings. The number of ketones is 2. The Bertz CT molecular complexity index is 2860. The van der Waals surface area contributed by atoms with Gasteiger partial charge in [-0.25, -0.2) is 13.8 Å². The monoisotopic (exact) mass is 1350 g/mol. The number of carbonyl (C=O) groups is 6. The molecule has 87 heavy (non-hydrogen) atoms. The highest BCUT2D eigenvalue weighted by Crippen LogP contribution is 2.21. The van der Waals surface area contributed by atoms with Crippen molar-refractivity contribution in [3.63, 3.8) is 0 Å². The lowest BCUT2D eigenvalue weighted by Crippen LogP contribution is -2.48. The van der Waals surface area contributed by atoms with Crippen LogP contribution in [-0.4, -0.2) is 144 Å². The molecule has 0 aliphatic carbocycles. The first-order valence-corrected chi connectivity index (χ1v) is 39.1. The minimum Gasteiger partial charge on any atom is -0.478 e. The van der Waals surface area contributed by atoms with Gasteiger partial charge in [0, 0.05) is 109 Å². The molecule has 0 amide bonds. The highest BCUT2D eigenvalue weighted by atomic mass is 36.0. The Morgan fingerprint density at radius 1 is 0.460 bits per heavy atom. The topological polar surface area (TPSA) is 335 Å². The summed E-state index contributed by atoms with van der Waals surface area (Å²) in [6.07, 6.45) is 14.6. The fourth-order valence-electron chi connectivity index (χ4n) is 6.93. The third-order valence-electron chi connectivity index (χ3n) is 11.5. The summed E-state index contributed by atoms with van der Waals surface area (Å²) in [4.78, 5) is 92.2. The molecule has 0 fully saturated rings. The first kappa shape index (κ1) is 77.3. The van der Waals surface area contributed by atoms with Crippen LogP contribution >= 0.6 is 44.6 Å². The van der Waals surface area contributed by atoms with E-state index in [0.29, 0.717) is 102 Å². The van der Waals surface area contributed by atoms with Crippen molar-refractivity contribution in [1.29, 1.82) is 0 Å². The van der Waals surface area contributed by atoms with E-state index in [9.17, 15) is 28.8 Å². The maximum Gasteiger partial charge on any atom is 0.337 e. The molecule has 0 saturated heterocycles. The van der Waals surface area contributed by atoms with Crippen LogP contribution in [0.2, 0.25) is 39.3 Å². The Balaban J connectivity index is 0.000000399. The van der Waals surface area contributed by atoms with Gasteiger partial charge >= 0.3 is 37.6 Å². The van der Waals surface area contributed by atoms with Crippen LogP contribution < -0.4 is 11.5 Å². The number of nitrogens with zero attached hydrogens (tertiary/aromatic N) is 6. The van der Waals surface area contributed by atoms with Crippen LogP contribution in [0.1, 0.15) is 120 Å². The smallest absolute Gasteiger partial charge is 0.337 e. The second-order valence-electron chi connectivity index (χ2n) is 19.7. The molecule has 6 rings (SSSR count). The van der Waals surface area contributed by atoms with Crippen molar-refractivity contribution in [2.24, 2.45) is 11.5 Å². The lowest BCUT2D eigenvalue weighted by Gasteiger charge is -2.32. The van der Waals surface area contributed by atoms with Gasteiger partial charge in [-0.2, -0.15) is 0 Å². The van der Waals surface area contributed by atoms with Gasteiger partial charge in [0.25, 0.3) is 10.5 Å². The molecule has 6 heterocycles. The molecular formula is C57H74Cl4N8O14SSi3. The number of nitrogens with two attached hydrogens (primary N) is 2. The van der Waals surface area contributed by atoms with Gasteiger partial charge in [0.1, 0.15) is 0 Å².